The Bertz CT molecular complexity index is 739. The van der Waals surface area contributed by atoms with E-state index in [9.17, 15) is 18.0 Å². The minimum atomic E-state index is -3.92. The summed E-state index contributed by atoms with van der Waals surface area (Å²) < 4.78 is 28.0. The van der Waals surface area contributed by atoms with Crippen LogP contribution in [0.1, 0.15) is 48.5 Å². The van der Waals surface area contributed by atoms with Gasteiger partial charge >= 0.3 is 5.97 Å². The zero-order valence-electron chi connectivity index (χ0n) is 13.7. The van der Waals surface area contributed by atoms with Crippen LogP contribution in [0.4, 0.5) is 0 Å². The van der Waals surface area contributed by atoms with Crippen LogP contribution in [0.2, 0.25) is 0 Å². The molecule has 1 aliphatic rings. The lowest BCUT2D eigenvalue weighted by atomic mass is 10.1. The van der Waals surface area contributed by atoms with E-state index in [1.807, 2.05) is 0 Å². The van der Waals surface area contributed by atoms with Gasteiger partial charge in [-0.05, 0) is 44.4 Å². The number of carbonyl (C=O) groups excluding carboxylic acids is 2. The average Bonchev–Trinajstić information content (AvgIpc) is 2.99. The molecule has 0 radical (unpaired) electrons. The molecule has 0 spiro atoms. The first-order valence-electron chi connectivity index (χ1n) is 7.83. The second-order valence-corrected chi connectivity index (χ2v) is 7.62. The Labute approximate surface area is 141 Å². The van der Waals surface area contributed by atoms with Crippen molar-refractivity contribution < 1.29 is 22.7 Å². The second-order valence-electron chi connectivity index (χ2n) is 6.06. The van der Waals surface area contributed by atoms with Crippen molar-refractivity contribution >= 4 is 21.9 Å². The lowest BCUT2D eigenvalue weighted by Gasteiger charge is -2.17. The van der Waals surface area contributed by atoms with Crippen molar-refractivity contribution in [3.05, 3.63) is 29.3 Å². The molecule has 1 saturated carbocycles. The first-order chi connectivity index (χ1) is 11.2. The number of primary sulfonamides is 1. The van der Waals surface area contributed by atoms with Crippen LogP contribution in [0.5, 0.6) is 0 Å². The molecule has 0 aliphatic heterocycles. The highest BCUT2D eigenvalue weighted by Gasteiger charge is 2.24. The fraction of sp³-hybridized carbons (Fsp3) is 0.500. The van der Waals surface area contributed by atoms with Crippen LogP contribution in [0.15, 0.2) is 23.1 Å². The van der Waals surface area contributed by atoms with Crippen LogP contribution in [-0.4, -0.2) is 32.4 Å². The molecule has 132 valence electrons. The summed E-state index contributed by atoms with van der Waals surface area (Å²) in [4.78, 5) is 24.2. The molecule has 1 atom stereocenters. The van der Waals surface area contributed by atoms with Crippen molar-refractivity contribution in [1.82, 2.24) is 5.32 Å². The summed E-state index contributed by atoms with van der Waals surface area (Å²) in [5, 5.41) is 7.93. The summed E-state index contributed by atoms with van der Waals surface area (Å²) in [6.07, 6.45) is 3.07. The van der Waals surface area contributed by atoms with E-state index < -0.39 is 22.1 Å². The quantitative estimate of drug-likeness (QED) is 0.772. The van der Waals surface area contributed by atoms with E-state index in [0.717, 1.165) is 31.7 Å². The average molecular weight is 354 g/mol. The number of amides is 1. The normalized spacial score (nSPS) is 16.6. The minimum Gasteiger partial charge on any atom is -0.449 e. The zero-order chi connectivity index (χ0) is 17.9. The van der Waals surface area contributed by atoms with Crippen molar-refractivity contribution in [3.8, 4) is 0 Å². The van der Waals surface area contributed by atoms with Gasteiger partial charge in [0.05, 0.1) is 10.5 Å². The van der Waals surface area contributed by atoms with Gasteiger partial charge in [-0.1, -0.05) is 18.9 Å². The second kappa shape index (κ2) is 7.31. The number of sulfonamides is 1. The molecule has 8 heteroatoms. The third-order valence-corrected chi connectivity index (χ3v) is 5.02. The van der Waals surface area contributed by atoms with Crippen molar-refractivity contribution in [1.29, 1.82) is 0 Å². The SMILES string of the molecule is Cc1ccc(S(N)(=O)=O)cc1C(=O)OC(C)C(=O)NC1CCCC1. The van der Waals surface area contributed by atoms with E-state index >= 15 is 0 Å². The van der Waals surface area contributed by atoms with Gasteiger partial charge < -0.3 is 10.1 Å². The highest BCUT2D eigenvalue weighted by molar-refractivity contribution is 7.89. The van der Waals surface area contributed by atoms with Gasteiger partial charge in [0.1, 0.15) is 0 Å². The number of nitrogens with one attached hydrogen (secondary N) is 1. The number of hydrogen-bond donors (Lipinski definition) is 2. The van der Waals surface area contributed by atoms with Gasteiger partial charge in [0, 0.05) is 6.04 Å². The lowest BCUT2D eigenvalue weighted by molar-refractivity contribution is -0.129. The smallest absolute Gasteiger partial charge is 0.339 e. The third kappa shape index (κ3) is 4.55. The Morgan fingerprint density at radius 3 is 2.50 bits per heavy atom. The van der Waals surface area contributed by atoms with Gasteiger partial charge in [0.25, 0.3) is 5.91 Å². The Morgan fingerprint density at radius 2 is 1.92 bits per heavy atom. The molecule has 1 aromatic rings. The molecular weight excluding hydrogens is 332 g/mol. The van der Waals surface area contributed by atoms with E-state index in [-0.39, 0.29) is 22.4 Å². The fourth-order valence-corrected chi connectivity index (χ4v) is 3.20. The Morgan fingerprint density at radius 1 is 1.29 bits per heavy atom. The molecule has 0 heterocycles. The molecule has 0 saturated heterocycles. The third-order valence-electron chi connectivity index (χ3n) is 4.11. The van der Waals surface area contributed by atoms with Gasteiger partial charge in [-0.15, -0.1) is 0 Å². The molecule has 1 aliphatic carbocycles. The van der Waals surface area contributed by atoms with Gasteiger partial charge in [-0.25, -0.2) is 18.4 Å². The molecule has 1 fully saturated rings. The van der Waals surface area contributed by atoms with Crippen LogP contribution in [0, 0.1) is 6.92 Å². The molecular formula is C16H22N2O5S. The van der Waals surface area contributed by atoms with Crippen molar-refractivity contribution in [2.75, 3.05) is 0 Å². The zero-order valence-corrected chi connectivity index (χ0v) is 14.6. The molecule has 0 aromatic heterocycles. The van der Waals surface area contributed by atoms with Gasteiger partial charge in [-0.3, -0.25) is 4.79 Å². The maximum absolute atomic E-state index is 12.3. The summed E-state index contributed by atoms with van der Waals surface area (Å²) in [5.74, 6) is -1.11. The first-order valence-corrected chi connectivity index (χ1v) is 9.38. The van der Waals surface area contributed by atoms with Crippen molar-refractivity contribution in [3.63, 3.8) is 0 Å². The van der Waals surface area contributed by atoms with Gasteiger partial charge in [0.2, 0.25) is 10.0 Å². The van der Waals surface area contributed by atoms with Crippen LogP contribution in [-0.2, 0) is 19.6 Å². The van der Waals surface area contributed by atoms with E-state index in [2.05, 4.69) is 5.32 Å². The Balaban J connectivity index is 2.07. The van der Waals surface area contributed by atoms with E-state index in [1.54, 1.807) is 6.92 Å². The molecule has 0 bridgehead atoms. The van der Waals surface area contributed by atoms with Crippen LogP contribution < -0.4 is 10.5 Å². The molecule has 2 rings (SSSR count). The van der Waals surface area contributed by atoms with Crippen molar-refractivity contribution in [2.45, 2.75) is 56.6 Å². The summed E-state index contributed by atoms with van der Waals surface area (Å²) in [7, 11) is -3.92. The Hall–Kier alpha value is -1.93. The summed E-state index contributed by atoms with van der Waals surface area (Å²) in [5.41, 5.74) is 0.609. The number of esters is 1. The number of hydrogen-bond acceptors (Lipinski definition) is 5. The predicted molar refractivity (Wildman–Crippen MR) is 87.8 cm³/mol. The number of carbonyl (C=O) groups is 2. The van der Waals surface area contributed by atoms with Crippen LogP contribution in [0.25, 0.3) is 0 Å². The summed E-state index contributed by atoms with van der Waals surface area (Å²) in [6, 6.07) is 4.08. The topological polar surface area (TPSA) is 116 Å². The van der Waals surface area contributed by atoms with Crippen molar-refractivity contribution in [2.24, 2.45) is 5.14 Å². The summed E-state index contributed by atoms with van der Waals surface area (Å²) in [6.45, 7) is 3.13. The van der Waals surface area contributed by atoms with Gasteiger partial charge in [-0.2, -0.15) is 0 Å². The predicted octanol–water partition coefficient (Wildman–Crippen LogP) is 1.25. The minimum absolute atomic E-state index is 0.0713. The Kier molecular flexibility index (Phi) is 5.61. The molecule has 1 aromatic carbocycles. The van der Waals surface area contributed by atoms with Gasteiger partial charge in [0.15, 0.2) is 6.10 Å². The fourth-order valence-electron chi connectivity index (χ4n) is 2.66. The standard InChI is InChI=1S/C16H22N2O5S/c1-10-7-8-13(24(17,21)22)9-14(10)16(20)23-11(2)15(19)18-12-5-3-4-6-12/h7-9,11-12H,3-6H2,1-2H3,(H,18,19)(H2,17,21,22). The number of nitrogens with two attached hydrogens (primary N) is 1. The van der Waals surface area contributed by atoms with E-state index in [1.165, 1.54) is 19.1 Å². The van der Waals surface area contributed by atoms with E-state index in [0.29, 0.717) is 5.56 Å². The highest BCUT2D eigenvalue weighted by Crippen LogP contribution is 2.19. The molecule has 24 heavy (non-hydrogen) atoms. The molecule has 7 nitrogen and oxygen atoms in total. The molecule has 3 N–H and O–H groups in total. The maximum atomic E-state index is 12.3. The monoisotopic (exact) mass is 354 g/mol. The highest BCUT2D eigenvalue weighted by atomic mass is 32.2. The molecule has 1 unspecified atom stereocenters. The number of aryl methyl sites for hydroxylation is 1. The summed E-state index contributed by atoms with van der Waals surface area (Å²) >= 11 is 0. The van der Waals surface area contributed by atoms with Crippen LogP contribution in [0.3, 0.4) is 0 Å². The van der Waals surface area contributed by atoms with Crippen LogP contribution >= 0.6 is 0 Å². The van der Waals surface area contributed by atoms with E-state index in [4.69, 9.17) is 9.88 Å². The maximum Gasteiger partial charge on any atom is 0.339 e. The lowest BCUT2D eigenvalue weighted by Crippen LogP contribution is -2.40. The first kappa shape index (κ1) is 18.4. The largest absolute Gasteiger partial charge is 0.449 e. The number of rotatable bonds is 5. The number of benzene rings is 1. The number of ether oxygens (including phenoxy) is 1. The molecule has 1 amide bonds.